The third-order valence-electron chi connectivity index (χ3n) is 5.86. The lowest BCUT2D eigenvalue weighted by molar-refractivity contribution is -0.120. The summed E-state index contributed by atoms with van der Waals surface area (Å²) in [4.78, 5) is 26.1. The van der Waals surface area contributed by atoms with Gasteiger partial charge in [0.15, 0.2) is 0 Å². The van der Waals surface area contributed by atoms with Crippen LogP contribution in [0.15, 0.2) is 89.8 Å². The van der Waals surface area contributed by atoms with E-state index in [9.17, 15) is 18.0 Å². The molecule has 0 unspecified atom stereocenters. The molecule has 34 heavy (non-hydrogen) atoms. The molecule has 7 nitrogen and oxygen atoms in total. The second-order valence-electron chi connectivity index (χ2n) is 8.22. The summed E-state index contributed by atoms with van der Waals surface area (Å²) >= 11 is 0. The van der Waals surface area contributed by atoms with E-state index in [2.05, 4.69) is 10.6 Å². The standard InChI is InChI=1S/C26H27N3O4S/c30-25(21-12-9-17-29(19-21)34(32,33)22-13-5-2-6-14-22)28-24-16-8-7-15-23(24)26(31)27-18-20-10-3-1-4-11-20/h1-8,10-11,13-16,21H,9,12,17-19H2,(H,27,31)(H,28,30)/t21-/m0/s1. The lowest BCUT2D eigenvalue weighted by Gasteiger charge is -2.31. The van der Waals surface area contributed by atoms with Crippen molar-refractivity contribution in [1.29, 1.82) is 0 Å². The molecular formula is C26H27N3O4S. The Morgan fingerprint density at radius 1 is 0.882 bits per heavy atom. The SMILES string of the molecule is O=C(NCc1ccccc1)c1ccccc1NC(=O)[C@H]1CCCN(S(=O)(=O)c2ccccc2)C1. The fourth-order valence-corrected chi connectivity index (χ4v) is 5.56. The predicted octanol–water partition coefficient (Wildman–Crippen LogP) is 3.66. The Bertz CT molecular complexity index is 1250. The van der Waals surface area contributed by atoms with Crippen molar-refractivity contribution >= 4 is 27.5 Å². The molecule has 4 rings (SSSR count). The molecule has 8 heteroatoms. The van der Waals surface area contributed by atoms with Crippen LogP contribution in [0.3, 0.4) is 0 Å². The fraction of sp³-hybridized carbons (Fsp3) is 0.231. The molecule has 1 fully saturated rings. The van der Waals surface area contributed by atoms with Crippen molar-refractivity contribution in [2.45, 2.75) is 24.3 Å². The number of benzene rings is 3. The van der Waals surface area contributed by atoms with Crippen LogP contribution in [0.4, 0.5) is 5.69 Å². The van der Waals surface area contributed by atoms with Crippen LogP contribution < -0.4 is 10.6 Å². The van der Waals surface area contributed by atoms with Crippen molar-refractivity contribution in [1.82, 2.24) is 9.62 Å². The summed E-state index contributed by atoms with van der Waals surface area (Å²) in [6.07, 6.45) is 1.17. The van der Waals surface area contributed by atoms with Gasteiger partial charge in [0.25, 0.3) is 5.91 Å². The van der Waals surface area contributed by atoms with Crippen molar-refractivity contribution < 1.29 is 18.0 Å². The molecule has 1 saturated heterocycles. The van der Waals surface area contributed by atoms with Crippen LogP contribution in [-0.4, -0.2) is 37.6 Å². The molecule has 0 bridgehead atoms. The van der Waals surface area contributed by atoms with Gasteiger partial charge in [-0.15, -0.1) is 0 Å². The van der Waals surface area contributed by atoms with Gasteiger partial charge in [-0.1, -0.05) is 60.7 Å². The molecule has 1 aliphatic heterocycles. The highest BCUT2D eigenvalue weighted by Crippen LogP contribution is 2.25. The van der Waals surface area contributed by atoms with Gasteiger partial charge in [-0.25, -0.2) is 8.42 Å². The summed E-state index contributed by atoms with van der Waals surface area (Å²) in [5.74, 6) is -1.10. The summed E-state index contributed by atoms with van der Waals surface area (Å²) in [5.41, 5.74) is 1.73. The minimum absolute atomic E-state index is 0.103. The number of hydrogen-bond donors (Lipinski definition) is 2. The Morgan fingerprint density at radius 2 is 1.53 bits per heavy atom. The van der Waals surface area contributed by atoms with Crippen molar-refractivity contribution in [2.24, 2.45) is 5.92 Å². The Morgan fingerprint density at radius 3 is 2.26 bits per heavy atom. The zero-order valence-electron chi connectivity index (χ0n) is 18.7. The molecule has 3 aromatic rings. The molecule has 2 amide bonds. The van der Waals surface area contributed by atoms with Gasteiger partial charge in [-0.2, -0.15) is 4.31 Å². The van der Waals surface area contributed by atoms with Crippen LogP contribution in [0.25, 0.3) is 0 Å². The van der Waals surface area contributed by atoms with Crippen LogP contribution in [-0.2, 0) is 21.4 Å². The van der Waals surface area contributed by atoms with Crippen molar-refractivity contribution in [2.75, 3.05) is 18.4 Å². The number of carbonyl (C=O) groups is 2. The Balaban J connectivity index is 1.43. The zero-order chi connectivity index (χ0) is 24.0. The molecule has 3 aromatic carbocycles. The van der Waals surface area contributed by atoms with Gasteiger partial charge in [0.2, 0.25) is 15.9 Å². The van der Waals surface area contributed by atoms with Crippen LogP contribution >= 0.6 is 0 Å². The molecule has 0 aliphatic carbocycles. The Labute approximate surface area is 199 Å². The number of piperidine rings is 1. The van der Waals surface area contributed by atoms with Gasteiger partial charge in [0.1, 0.15) is 0 Å². The number of nitrogens with zero attached hydrogens (tertiary/aromatic N) is 1. The molecule has 0 aromatic heterocycles. The van der Waals surface area contributed by atoms with Crippen LogP contribution in [0, 0.1) is 5.92 Å². The highest BCUT2D eigenvalue weighted by atomic mass is 32.2. The summed E-state index contributed by atoms with van der Waals surface area (Å²) in [7, 11) is -3.67. The lowest BCUT2D eigenvalue weighted by atomic mass is 9.98. The quantitative estimate of drug-likeness (QED) is 0.543. The number of sulfonamides is 1. The summed E-state index contributed by atoms with van der Waals surface area (Å²) < 4.78 is 27.3. The van der Waals surface area contributed by atoms with E-state index in [4.69, 9.17) is 0 Å². The maximum atomic E-state index is 13.1. The number of hydrogen-bond acceptors (Lipinski definition) is 4. The van der Waals surface area contributed by atoms with Crippen molar-refractivity contribution in [3.05, 3.63) is 96.1 Å². The third-order valence-corrected chi connectivity index (χ3v) is 7.74. The first-order valence-corrected chi connectivity index (χ1v) is 12.7. The maximum Gasteiger partial charge on any atom is 0.253 e. The fourth-order valence-electron chi connectivity index (χ4n) is 4.01. The molecule has 176 valence electrons. The molecule has 0 spiro atoms. The largest absolute Gasteiger partial charge is 0.348 e. The number of anilines is 1. The maximum absolute atomic E-state index is 13.1. The number of nitrogens with one attached hydrogen (secondary N) is 2. The normalized spacial score (nSPS) is 16.5. The van der Waals surface area contributed by atoms with E-state index >= 15 is 0 Å². The topological polar surface area (TPSA) is 95.6 Å². The van der Waals surface area contributed by atoms with E-state index in [0.29, 0.717) is 37.2 Å². The predicted molar refractivity (Wildman–Crippen MR) is 131 cm³/mol. The highest BCUT2D eigenvalue weighted by molar-refractivity contribution is 7.89. The van der Waals surface area contributed by atoms with Crippen LogP contribution in [0.5, 0.6) is 0 Å². The van der Waals surface area contributed by atoms with Crippen molar-refractivity contribution in [3.8, 4) is 0 Å². The average molecular weight is 478 g/mol. The number of amides is 2. The molecule has 1 heterocycles. The number of carbonyl (C=O) groups excluding carboxylic acids is 2. The summed E-state index contributed by atoms with van der Waals surface area (Å²) in [6, 6.07) is 24.6. The van der Waals surface area contributed by atoms with Gasteiger partial charge in [-0.05, 0) is 42.7 Å². The van der Waals surface area contributed by atoms with Crippen molar-refractivity contribution in [3.63, 3.8) is 0 Å². The lowest BCUT2D eigenvalue weighted by Crippen LogP contribution is -2.43. The first-order chi connectivity index (χ1) is 16.4. The van der Waals surface area contributed by atoms with Crippen LogP contribution in [0.2, 0.25) is 0 Å². The van der Waals surface area contributed by atoms with E-state index in [1.165, 1.54) is 4.31 Å². The highest BCUT2D eigenvalue weighted by Gasteiger charge is 2.33. The summed E-state index contributed by atoms with van der Waals surface area (Å²) in [5, 5.41) is 5.73. The van der Waals surface area contributed by atoms with E-state index in [0.717, 1.165) is 5.56 Å². The molecular weight excluding hydrogens is 450 g/mol. The Hall–Kier alpha value is -3.49. The van der Waals surface area contributed by atoms with E-state index in [1.807, 2.05) is 30.3 Å². The first kappa shape index (κ1) is 23.7. The van der Waals surface area contributed by atoms with Gasteiger partial charge in [0.05, 0.1) is 22.1 Å². The van der Waals surface area contributed by atoms with Gasteiger partial charge < -0.3 is 10.6 Å². The zero-order valence-corrected chi connectivity index (χ0v) is 19.5. The van der Waals surface area contributed by atoms with Gasteiger partial charge in [0, 0.05) is 19.6 Å². The van der Waals surface area contributed by atoms with E-state index < -0.39 is 15.9 Å². The second-order valence-corrected chi connectivity index (χ2v) is 10.2. The number of para-hydroxylation sites is 1. The van der Waals surface area contributed by atoms with E-state index in [1.54, 1.807) is 54.6 Å². The molecule has 2 N–H and O–H groups in total. The molecule has 1 aliphatic rings. The molecule has 1 atom stereocenters. The van der Waals surface area contributed by atoms with Gasteiger partial charge >= 0.3 is 0 Å². The first-order valence-electron chi connectivity index (χ1n) is 11.2. The minimum atomic E-state index is -3.67. The second kappa shape index (κ2) is 10.6. The molecule has 0 saturated carbocycles. The minimum Gasteiger partial charge on any atom is -0.348 e. The molecule has 0 radical (unpaired) electrons. The van der Waals surface area contributed by atoms with Gasteiger partial charge in [-0.3, -0.25) is 9.59 Å². The smallest absolute Gasteiger partial charge is 0.253 e. The number of rotatable bonds is 7. The third kappa shape index (κ3) is 5.52. The Kier molecular flexibility index (Phi) is 7.40. The van der Waals surface area contributed by atoms with E-state index in [-0.39, 0.29) is 23.3 Å². The summed E-state index contributed by atoms with van der Waals surface area (Å²) in [6.45, 7) is 0.849. The average Bonchev–Trinajstić information content (AvgIpc) is 2.89. The van der Waals surface area contributed by atoms with Crippen LogP contribution in [0.1, 0.15) is 28.8 Å². The monoisotopic (exact) mass is 477 g/mol.